The van der Waals surface area contributed by atoms with E-state index < -0.39 is 0 Å². The summed E-state index contributed by atoms with van der Waals surface area (Å²) in [6.45, 7) is 8.05. The van der Waals surface area contributed by atoms with E-state index in [1.807, 2.05) is 0 Å². The van der Waals surface area contributed by atoms with Crippen molar-refractivity contribution in [1.82, 2.24) is 15.0 Å². The molecule has 2 aliphatic rings. The van der Waals surface area contributed by atoms with Crippen LogP contribution in [-0.2, 0) is 17.8 Å². The lowest BCUT2D eigenvalue weighted by Gasteiger charge is -2.34. The third-order valence-electron chi connectivity index (χ3n) is 5.68. The van der Waals surface area contributed by atoms with Crippen LogP contribution in [0.1, 0.15) is 51.3 Å². The normalized spacial score (nSPS) is 22.7. The number of hydrogen-bond donors (Lipinski definition) is 0. The molecular formula is C20H24N4O2. The average molecular weight is 352 g/mol. The number of ether oxygens (including phenoxy) is 1. The summed E-state index contributed by atoms with van der Waals surface area (Å²) in [5, 5.41) is 0.954. The summed E-state index contributed by atoms with van der Waals surface area (Å²) in [6, 6.07) is 2.60. The van der Waals surface area contributed by atoms with Gasteiger partial charge in [-0.2, -0.15) is 0 Å². The van der Waals surface area contributed by atoms with Crippen LogP contribution in [0.3, 0.4) is 0 Å². The number of piperidine rings is 1. The first-order valence-electron chi connectivity index (χ1n) is 9.48. The molecule has 0 amide bonds. The smallest absolute Gasteiger partial charge is 0.229 e. The molecule has 0 aromatic carbocycles. The molecule has 0 saturated carbocycles. The predicted octanol–water partition coefficient (Wildman–Crippen LogP) is 4.00. The van der Waals surface area contributed by atoms with Gasteiger partial charge in [-0.05, 0) is 46.1 Å². The molecule has 0 N–H and O–H groups in total. The highest BCUT2D eigenvalue weighted by molar-refractivity contribution is 6.04. The Morgan fingerprint density at radius 1 is 1.23 bits per heavy atom. The molecule has 5 rings (SSSR count). The van der Waals surface area contributed by atoms with Crippen molar-refractivity contribution in [1.29, 1.82) is 0 Å². The molecule has 1 fully saturated rings. The van der Waals surface area contributed by atoms with Gasteiger partial charge in [0.15, 0.2) is 11.4 Å². The van der Waals surface area contributed by atoms with Gasteiger partial charge in [-0.3, -0.25) is 0 Å². The number of hydrogen-bond acceptors (Lipinski definition) is 6. The molecule has 1 atom stereocenters. The first-order chi connectivity index (χ1) is 12.5. The van der Waals surface area contributed by atoms with E-state index in [1.165, 1.54) is 19.3 Å². The minimum Gasteiger partial charge on any atom is -0.432 e. The molecule has 1 saturated heterocycles. The first-order valence-corrected chi connectivity index (χ1v) is 9.48. The van der Waals surface area contributed by atoms with Gasteiger partial charge in [0.05, 0.1) is 23.3 Å². The molecule has 0 radical (unpaired) electrons. The molecule has 26 heavy (non-hydrogen) atoms. The Bertz CT molecular complexity index is 994. The van der Waals surface area contributed by atoms with Crippen molar-refractivity contribution in [3.8, 4) is 0 Å². The molecule has 6 nitrogen and oxygen atoms in total. The van der Waals surface area contributed by atoms with Crippen LogP contribution >= 0.6 is 0 Å². The fourth-order valence-corrected chi connectivity index (χ4v) is 4.19. The monoisotopic (exact) mass is 352 g/mol. The molecule has 3 aromatic heterocycles. The summed E-state index contributed by atoms with van der Waals surface area (Å²) >= 11 is 0. The minimum absolute atomic E-state index is 0.187. The van der Waals surface area contributed by atoms with Crippen molar-refractivity contribution < 1.29 is 9.15 Å². The van der Waals surface area contributed by atoms with Crippen LogP contribution in [0.4, 0.5) is 5.82 Å². The molecule has 1 unspecified atom stereocenters. The van der Waals surface area contributed by atoms with Crippen LogP contribution in [0, 0.1) is 0 Å². The SMILES string of the molecule is CC1CCCCN1c1ncnc2c1oc1nc3c(cc12)COC(C)(C)C3. The minimum atomic E-state index is -0.187. The quantitative estimate of drug-likeness (QED) is 0.659. The summed E-state index contributed by atoms with van der Waals surface area (Å²) in [4.78, 5) is 16.3. The maximum absolute atomic E-state index is 6.20. The van der Waals surface area contributed by atoms with Crippen molar-refractivity contribution in [3.05, 3.63) is 23.7 Å². The maximum atomic E-state index is 6.20. The standard InChI is InChI=1S/C20H24N4O2/c1-12-6-4-5-7-24(12)18-17-16(21-11-22-18)14-8-13-10-25-20(2,3)9-15(13)23-19(14)26-17/h8,11-12H,4-7,9-10H2,1-3H3. The lowest BCUT2D eigenvalue weighted by atomic mass is 9.95. The lowest BCUT2D eigenvalue weighted by Crippen LogP contribution is -2.38. The molecular weight excluding hydrogens is 328 g/mol. The topological polar surface area (TPSA) is 64.3 Å². The number of pyridine rings is 1. The molecule has 5 heterocycles. The Hall–Kier alpha value is -2.21. The summed E-state index contributed by atoms with van der Waals surface area (Å²) in [5.41, 5.74) is 4.27. The number of rotatable bonds is 1. The molecule has 3 aromatic rings. The Labute approximate surface area is 152 Å². The zero-order valence-corrected chi connectivity index (χ0v) is 15.6. The Kier molecular flexibility index (Phi) is 3.47. The largest absolute Gasteiger partial charge is 0.432 e. The summed E-state index contributed by atoms with van der Waals surface area (Å²) in [6.07, 6.45) is 6.08. The number of fused-ring (bicyclic) bond motifs is 4. The second-order valence-corrected chi connectivity index (χ2v) is 8.19. The lowest BCUT2D eigenvalue weighted by molar-refractivity contribution is -0.0411. The van der Waals surface area contributed by atoms with E-state index in [9.17, 15) is 0 Å². The molecule has 0 aliphatic carbocycles. The molecule has 136 valence electrons. The highest BCUT2D eigenvalue weighted by Gasteiger charge is 2.29. The number of furan rings is 1. The van der Waals surface area contributed by atoms with E-state index >= 15 is 0 Å². The van der Waals surface area contributed by atoms with Crippen molar-refractivity contribution in [2.45, 2.75) is 64.7 Å². The van der Waals surface area contributed by atoms with Crippen LogP contribution in [0.25, 0.3) is 22.2 Å². The van der Waals surface area contributed by atoms with Crippen molar-refractivity contribution in [2.24, 2.45) is 0 Å². The Balaban J connectivity index is 1.68. The van der Waals surface area contributed by atoms with E-state index in [4.69, 9.17) is 14.1 Å². The van der Waals surface area contributed by atoms with E-state index in [0.29, 0.717) is 18.4 Å². The number of nitrogens with zero attached hydrogens (tertiary/aromatic N) is 4. The van der Waals surface area contributed by atoms with Gasteiger partial charge < -0.3 is 14.1 Å². The summed E-state index contributed by atoms with van der Waals surface area (Å²) in [5.74, 6) is 0.898. The van der Waals surface area contributed by atoms with Gasteiger partial charge in [0, 0.05) is 24.6 Å². The van der Waals surface area contributed by atoms with E-state index in [0.717, 1.165) is 46.5 Å². The zero-order valence-electron chi connectivity index (χ0n) is 15.6. The van der Waals surface area contributed by atoms with Gasteiger partial charge in [0.2, 0.25) is 5.71 Å². The zero-order chi connectivity index (χ0) is 17.9. The fraction of sp³-hybridized carbons (Fsp3) is 0.550. The van der Waals surface area contributed by atoms with E-state index in [-0.39, 0.29) is 5.60 Å². The third-order valence-corrected chi connectivity index (χ3v) is 5.68. The van der Waals surface area contributed by atoms with Gasteiger partial charge in [0.1, 0.15) is 11.8 Å². The maximum Gasteiger partial charge on any atom is 0.229 e. The van der Waals surface area contributed by atoms with Gasteiger partial charge in [0.25, 0.3) is 0 Å². The fourth-order valence-electron chi connectivity index (χ4n) is 4.19. The first kappa shape index (κ1) is 16.0. The molecule has 0 spiro atoms. The van der Waals surface area contributed by atoms with Crippen molar-refractivity contribution in [2.75, 3.05) is 11.4 Å². The Morgan fingerprint density at radius 2 is 2.12 bits per heavy atom. The van der Waals surface area contributed by atoms with Crippen LogP contribution < -0.4 is 4.90 Å². The second-order valence-electron chi connectivity index (χ2n) is 8.19. The van der Waals surface area contributed by atoms with Gasteiger partial charge in [-0.15, -0.1) is 0 Å². The van der Waals surface area contributed by atoms with Crippen LogP contribution in [0.5, 0.6) is 0 Å². The number of anilines is 1. The third kappa shape index (κ3) is 2.47. The summed E-state index contributed by atoms with van der Waals surface area (Å²) < 4.78 is 12.2. The van der Waals surface area contributed by atoms with E-state index in [2.05, 4.69) is 41.7 Å². The van der Waals surface area contributed by atoms with Crippen LogP contribution in [0.2, 0.25) is 0 Å². The predicted molar refractivity (Wildman–Crippen MR) is 100 cm³/mol. The van der Waals surface area contributed by atoms with Gasteiger partial charge in [-0.1, -0.05) is 0 Å². The van der Waals surface area contributed by atoms with Crippen molar-refractivity contribution >= 4 is 28.0 Å². The molecule has 0 bridgehead atoms. The Morgan fingerprint density at radius 3 is 2.96 bits per heavy atom. The average Bonchev–Trinajstić information content (AvgIpc) is 2.97. The number of aromatic nitrogens is 3. The van der Waals surface area contributed by atoms with E-state index in [1.54, 1.807) is 6.33 Å². The molecule has 6 heteroatoms. The highest BCUT2D eigenvalue weighted by Crippen LogP contribution is 2.36. The summed E-state index contributed by atoms with van der Waals surface area (Å²) in [7, 11) is 0. The molecule has 2 aliphatic heterocycles. The second kappa shape index (κ2) is 5.64. The van der Waals surface area contributed by atoms with Crippen LogP contribution in [0.15, 0.2) is 16.8 Å². The van der Waals surface area contributed by atoms with Crippen LogP contribution in [-0.4, -0.2) is 33.1 Å². The highest BCUT2D eigenvalue weighted by atomic mass is 16.5. The van der Waals surface area contributed by atoms with Gasteiger partial charge >= 0.3 is 0 Å². The van der Waals surface area contributed by atoms with Gasteiger partial charge in [-0.25, -0.2) is 15.0 Å². The van der Waals surface area contributed by atoms with Crippen molar-refractivity contribution in [3.63, 3.8) is 0 Å².